The Labute approximate surface area is 158 Å². The maximum absolute atomic E-state index is 13.9. The maximum Gasteiger partial charge on any atom is 0.277 e. The summed E-state index contributed by atoms with van der Waals surface area (Å²) in [5, 5.41) is 4.80. The van der Waals surface area contributed by atoms with Gasteiger partial charge in [-0.05, 0) is 24.6 Å². The van der Waals surface area contributed by atoms with E-state index >= 15 is 0 Å². The highest BCUT2D eigenvalue weighted by Gasteiger charge is 2.45. The Morgan fingerprint density at radius 1 is 1.07 bits per heavy atom. The van der Waals surface area contributed by atoms with Gasteiger partial charge in [0.05, 0.1) is 24.2 Å². The topological polar surface area (TPSA) is 98.8 Å². The van der Waals surface area contributed by atoms with Crippen molar-refractivity contribution in [3.63, 3.8) is 0 Å². The summed E-state index contributed by atoms with van der Waals surface area (Å²) in [6, 6.07) is 3.32. The van der Waals surface area contributed by atoms with Gasteiger partial charge in [-0.25, -0.2) is 8.78 Å². The zero-order valence-corrected chi connectivity index (χ0v) is 14.8. The number of benzene rings is 1. The number of anilines is 1. The molecular formula is C18H18F2N4O4. The molecule has 1 unspecified atom stereocenters. The van der Waals surface area contributed by atoms with E-state index < -0.39 is 48.7 Å². The van der Waals surface area contributed by atoms with Crippen LogP contribution in [0.15, 0.2) is 18.2 Å². The average Bonchev–Trinajstić information content (AvgIpc) is 2.77. The predicted molar refractivity (Wildman–Crippen MR) is 93.1 cm³/mol. The van der Waals surface area contributed by atoms with Crippen molar-refractivity contribution in [3.05, 3.63) is 29.3 Å². The molecule has 2 fully saturated rings. The Balaban J connectivity index is 1.62. The van der Waals surface area contributed by atoms with E-state index in [2.05, 4.69) is 10.6 Å². The van der Waals surface area contributed by atoms with Gasteiger partial charge in [0.25, 0.3) is 17.7 Å². The highest BCUT2D eigenvalue weighted by molar-refractivity contribution is 6.23. The Kier molecular flexibility index (Phi) is 4.37. The molecule has 148 valence electrons. The van der Waals surface area contributed by atoms with E-state index in [1.807, 2.05) is 0 Å². The summed E-state index contributed by atoms with van der Waals surface area (Å²) < 4.78 is 27.8. The summed E-state index contributed by atoms with van der Waals surface area (Å²) in [7, 11) is 0. The first-order chi connectivity index (χ1) is 13.3. The van der Waals surface area contributed by atoms with Crippen LogP contribution in [0.5, 0.6) is 0 Å². The van der Waals surface area contributed by atoms with Crippen LogP contribution in [0.4, 0.5) is 14.5 Å². The molecule has 2 saturated heterocycles. The van der Waals surface area contributed by atoms with Crippen LogP contribution in [-0.2, 0) is 9.59 Å². The van der Waals surface area contributed by atoms with Crippen LogP contribution >= 0.6 is 0 Å². The van der Waals surface area contributed by atoms with Crippen LogP contribution in [-0.4, -0.2) is 66.7 Å². The number of halogens is 2. The molecule has 1 aromatic rings. The number of hydrogen-bond donors (Lipinski definition) is 2. The highest BCUT2D eigenvalue weighted by Crippen LogP contribution is 2.31. The van der Waals surface area contributed by atoms with Crippen molar-refractivity contribution >= 4 is 29.3 Å². The van der Waals surface area contributed by atoms with Gasteiger partial charge in [-0.3, -0.25) is 29.4 Å². The Bertz CT molecular complexity index is 888. The first kappa shape index (κ1) is 18.5. The van der Waals surface area contributed by atoms with E-state index in [4.69, 9.17) is 0 Å². The number of imide groups is 2. The van der Waals surface area contributed by atoms with Crippen molar-refractivity contribution < 1.29 is 28.0 Å². The van der Waals surface area contributed by atoms with Crippen molar-refractivity contribution in [3.8, 4) is 0 Å². The molecule has 0 radical (unpaired) electrons. The smallest absolute Gasteiger partial charge is 0.277 e. The number of rotatable bonds is 2. The van der Waals surface area contributed by atoms with Gasteiger partial charge in [0.2, 0.25) is 11.8 Å². The van der Waals surface area contributed by atoms with Crippen LogP contribution in [0, 0.1) is 0 Å². The Hall–Kier alpha value is -2.88. The van der Waals surface area contributed by atoms with Crippen molar-refractivity contribution in [1.82, 2.24) is 15.5 Å². The van der Waals surface area contributed by atoms with Crippen molar-refractivity contribution in [1.29, 1.82) is 0 Å². The quantitative estimate of drug-likeness (QED) is 0.695. The number of fused-ring (bicyclic) bond motifs is 1. The first-order valence-electron chi connectivity index (χ1n) is 8.96. The minimum atomic E-state index is -2.92. The Morgan fingerprint density at radius 3 is 2.57 bits per heavy atom. The second-order valence-corrected chi connectivity index (χ2v) is 7.13. The molecule has 1 atom stereocenters. The van der Waals surface area contributed by atoms with Gasteiger partial charge in [0.15, 0.2) is 0 Å². The minimum absolute atomic E-state index is 0.0327. The van der Waals surface area contributed by atoms with Gasteiger partial charge in [-0.2, -0.15) is 0 Å². The largest absolute Gasteiger partial charge is 0.364 e. The van der Waals surface area contributed by atoms with Crippen molar-refractivity contribution in [2.45, 2.75) is 24.8 Å². The fourth-order valence-electron chi connectivity index (χ4n) is 3.78. The van der Waals surface area contributed by atoms with E-state index in [9.17, 15) is 28.0 Å². The third kappa shape index (κ3) is 3.13. The average molecular weight is 392 g/mol. The Morgan fingerprint density at radius 2 is 1.82 bits per heavy atom. The molecule has 0 spiro atoms. The standard InChI is InChI=1S/C18H18F2N4O4/c19-18(20)8-21-5-6-23(9-18)10-1-2-11-12(7-10)17(28)24(16(11)27)13-3-4-14(25)22-15(13)26/h1-2,7,13,21H,3-6,8-9H2,(H,22,25,26). The normalized spacial score (nSPS) is 24.9. The monoisotopic (exact) mass is 392 g/mol. The molecule has 8 nitrogen and oxygen atoms in total. The summed E-state index contributed by atoms with van der Waals surface area (Å²) >= 11 is 0. The lowest BCUT2D eigenvalue weighted by atomic mass is 10.0. The molecule has 4 amide bonds. The van der Waals surface area contributed by atoms with Gasteiger partial charge in [0.1, 0.15) is 6.04 Å². The molecule has 0 aliphatic carbocycles. The maximum atomic E-state index is 13.9. The molecule has 3 aliphatic heterocycles. The lowest BCUT2D eigenvalue weighted by Gasteiger charge is -2.27. The zero-order valence-electron chi connectivity index (χ0n) is 14.8. The van der Waals surface area contributed by atoms with Gasteiger partial charge in [0, 0.05) is 25.2 Å². The SMILES string of the molecule is O=C1CCC(N2C(=O)c3ccc(N4CCNCC(F)(F)C4)cc3C2=O)C(=O)N1. The number of nitrogens with one attached hydrogen (secondary N) is 2. The molecule has 10 heteroatoms. The number of alkyl halides is 2. The summed E-state index contributed by atoms with van der Waals surface area (Å²) in [6.45, 7) is -0.234. The van der Waals surface area contributed by atoms with Crippen LogP contribution in [0.2, 0.25) is 0 Å². The van der Waals surface area contributed by atoms with Gasteiger partial charge in [-0.1, -0.05) is 0 Å². The molecule has 1 aromatic carbocycles. The van der Waals surface area contributed by atoms with Crippen LogP contribution in [0.25, 0.3) is 0 Å². The molecule has 2 N–H and O–H groups in total. The zero-order chi connectivity index (χ0) is 20.1. The fourth-order valence-corrected chi connectivity index (χ4v) is 3.78. The summed E-state index contributed by atoms with van der Waals surface area (Å²) in [6.07, 6.45) is 0.0952. The molecule has 0 saturated carbocycles. The molecule has 28 heavy (non-hydrogen) atoms. The number of carbonyl (C=O) groups is 4. The van der Waals surface area contributed by atoms with Crippen LogP contribution < -0.4 is 15.5 Å². The van der Waals surface area contributed by atoms with Crippen LogP contribution in [0.1, 0.15) is 33.6 Å². The molecular weight excluding hydrogens is 374 g/mol. The summed E-state index contributed by atoms with van der Waals surface area (Å²) in [5.74, 6) is -5.34. The number of nitrogens with zero attached hydrogens (tertiary/aromatic N) is 2. The van der Waals surface area contributed by atoms with E-state index in [0.717, 1.165) is 4.90 Å². The van der Waals surface area contributed by atoms with E-state index in [1.165, 1.54) is 23.1 Å². The highest BCUT2D eigenvalue weighted by atomic mass is 19.3. The van der Waals surface area contributed by atoms with Crippen molar-refractivity contribution in [2.75, 3.05) is 31.1 Å². The van der Waals surface area contributed by atoms with E-state index in [1.54, 1.807) is 0 Å². The number of amides is 4. The van der Waals surface area contributed by atoms with E-state index in [-0.39, 0.29) is 24.0 Å². The molecule has 4 rings (SSSR count). The molecule has 0 aromatic heterocycles. The predicted octanol–water partition coefficient (Wildman–Crippen LogP) is 0.133. The molecule has 3 aliphatic rings. The summed E-state index contributed by atoms with van der Waals surface area (Å²) in [5.41, 5.74) is 0.610. The van der Waals surface area contributed by atoms with E-state index in [0.29, 0.717) is 18.8 Å². The van der Waals surface area contributed by atoms with Gasteiger partial charge in [-0.15, -0.1) is 0 Å². The lowest BCUT2D eigenvalue weighted by Crippen LogP contribution is -2.54. The number of piperidine rings is 1. The number of hydrogen-bond acceptors (Lipinski definition) is 6. The minimum Gasteiger partial charge on any atom is -0.364 e. The third-order valence-corrected chi connectivity index (χ3v) is 5.15. The lowest BCUT2D eigenvalue weighted by molar-refractivity contribution is -0.136. The second-order valence-electron chi connectivity index (χ2n) is 7.13. The van der Waals surface area contributed by atoms with Crippen LogP contribution in [0.3, 0.4) is 0 Å². The van der Waals surface area contributed by atoms with Gasteiger partial charge < -0.3 is 10.2 Å². The second kappa shape index (κ2) is 6.62. The first-order valence-corrected chi connectivity index (χ1v) is 8.96. The van der Waals surface area contributed by atoms with Crippen molar-refractivity contribution in [2.24, 2.45) is 0 Å². The van der Waals surface area contributed by atoms with Gasteiger partial charge >= 0.3 is 0 Å². The molecule has 0 bridgehead atoms. The molecule has 3 heterocycles. The fraction of sp³-hybridized carbons (Fsp3) is 0.444. The number of carbonyl (C=O) groups excluding carboxylic acids is 4. The third-order valence-electron chi connectivity index (χ3n) is 5.15. The summed E-state index contributed by atoms with van der Waals surface area (Å²) in [4.78, 5) is 51.2.